The molecule has 19 heavy (non-hydrogen) atoms. The fourth-order valence-corrected chi connectivity index (χ4v) is 4.49. The van der Waals surface area contributed by atoms with Crippen molar-refractivity contribution in [2.75, 3.05) is 0 Å². The molecule has 0 aliphatic rings. The molecule has 0 aliphatic heterocycles. The molecule has 0 nitrogen and oxygen atoms in total. The number of hydrogen-bond acceptors (Lipinski definition) is 0. The molecular weight excluding hydrogens is 312 g/mol. The van der Waals surface area contributed by atoms with Crippen LogP contribution in [0.5, 0.6) is 0 Å². The molecule has 0 aromatic rings. The summed E-state index contributed by atoms with van der Waals surface area (Å²) in [5.74, 6) is 0. The Morgan fingerprint density at radius 3 is 1.21 bits per heavy atom. The monoisotopic (exact) mass is 348 g/mol. The van der Waals surface area contributed by atoms with Crippen LogP contribution in [0.2, 0.25) is 19.1 Å². The molecule has 0 atom stereocenters. The van der Waals surface area contributed by atoms with Crippen molar-refractivity contribution in [1.29, 1.82) is 0 Å². The Bertz CT molecular complexity index is 175. The van der Waals surface area contributed by atoms with Gasteiger partial charge in [0.2, 0.25) is 0 Å². The molecule has 0 bridgehead atoms. The molecule has 0 amide bonds. The minimum Gasteiger partial charge on any atom is -0.127 e. The lowest BCUT2D eigenvalue weighted by Gasteiger charge is -2.12. The van der Waals surface area contributed by atoms with Crippen LogP contribution < -0.4 is 0 Å². The fourth-order valence-electron chi connectivity index (χ4n) is 2.56. The summed E-state index contributed by atoms with van der Waals surface area (Å²) in [6, 6.07) is 1.45. The molecule has 0 spiro atoms. The molecule has 0 heterocycles. The molecule has 0 aromatic carbocycles. The van der Waals surface area contributed by atoms with Crippen LogP contribution in [0.4, 0.5) is 0 Å². The maximum absolute atomic E-state index is 3.85. The highest BCUT2D eigenvalue weighted by atomic mass is 79.9. The van der Waals surface area contributed by atoms with E-state index in [0.717, 1.165) is 0 Å². The Hall–Kier alpha value is 0.697. The van der Waals surface area contributed by atoms with E-state index in [0.29, 0.717) is 0 Å². The zero-order valence-corrected chi connectivity index (χ0v) is 16.4. The van der Waals surface area contributed by atoms with Gasteiger partial charge in [0.15, 0.2) is 0 Å². The van der Waals surface area contributed by atoms with Crippen LogP contribution in [0.1, 0.15) is 90.4 Å². The van der Waals surface area contributed by atoms with Crippen molar-refractivity contribution in [3.05, 3.63) is 0 Å². The first-order chi connectivity index (χ1) is 9.06. The predicted octanol–water partition coefficient (Wildman–Crippen LogP) is 7.68. The Morgan fingerprint density at radius 1 is 0.579 bits per heavy atom. The van der Waals surface area contributed by atoms with E-state index in [1.807, 2.05) is 0 Å². The molecular formula is C17H37BrSi. The van der Waals surface area contributed by atoms with Gasteiger partial charge in [-0.1, -0.05) is 103 Å². The van der Waals surface area contributed by atoms with E-state index in [1.165, 1.54) is 89.5 Å². The van der Waals surface area contributed by atoms with Gasteiger partial charge in [-0.2, -0.15) is 0 Å². The van der Waals surface area contributed by atoms with Gasteiger partial charge in [-0.15, -0.1) is 15.3 Å². The maximum atomic E-state index is 3.85. The van der Waals surface area contributed by atoms with E-state index in [9.17, 15) is 0 Å². The first-order valence-corrected chi connectivity index (χ1v) is 14.2. The van der Waals surface area contributed by atoms with Crippen LogP contribution in [0.25, 0.3) is 0 Å². The van der Waals surface area contributed by atoms with Crippen LogP contribution in [0, 0.1) is 0 Å². The Kier molecular flexibility index (Phi) is 14.2. The van der Waals surface area contributed by atoms with E-state index in [1.54, 1.807) is 0 Å². The quantitative estimate of drug-likeness (QED) is 0.171. The molecule has 0 radical (unpaired) electrons. The molecule has 0 N–H and O–H groups in total. The second-order valence-electron chi connectivity index (χ2n) is 6.71. The van der Waals surface area contributed by atoms with E-state index in [4.69, 9.17) is 0 Å². The lowest BCUT2D eigenvalue weighted by atomic mass is 10.1. The normalized spacial score (nSPS) is 12.0. The number of rotatable bonds is 14. The van der Waals surface area contributed by atoms with Crippen molar-refractivity contribution >= 4 is 22.0 Å². The van der Waals surface area contributed by atoms with Gasteiger partial charge in [0, 0.05) is 0 Å². The van der Waals surface area contributed by atoms with Gasteiger partial charge in [0.25, 0.3) is 0 Å². The van der Waals surface area contributed by atoms with Crippen molar-refractivity contribution in [2.45, 2.75) is 110 Å². The second kappa shape index (κ2) is 13.7. The third-order valence-electron chi connectivity index (χ3n) is 3.87. The molecule has 0 unspecified atom stereocenters. The van der Waals surface area contributed by atoms with Crippen molar-refractivity contribution in [3.63, 3.8) is 0 Å². The van der Waals surface area contributed by atoms with Crippen molar-refractivity contribution in [3.8, 4) is 0 Å². The topological polar surface area (TPSA) is 0 Å². The molecule has 0 saturated heterocycles. The average Bonchev–Trinajstić information content (AvgIpc) is 2.34. The highest BCUT2D eigenvalue weighted by molar-refractivity contribution is 9.26. The van der Waals surface area contributed by atoms with Crippen LogP contribution in [-0.4, -0.2) is 6.69 Å². The standard InChI is InChI=1S/C17H37BrSi/c1-4-5-6-7-8-9-10-11-12-13-14-15-16-17-19(2,3)18/h4-17H2,1-3H3. The van der Waals surface area contributed by atoms with Gasteiger partial charge < -0.3 is 0 Å². The first-order valence-electron chi connectivity index (χ1n) is 8.75. The van der Waals surface area contributed by atoms with Crippen LogP contribution in [0.15, 0.2) is 0 Å². The molecule has 0 rings (SSSR count). The first kappa shape index (κ1) is 19.7. The van der Waals surface area contributed by atoms with Crippen molar-refractivity contribution < 1.29 is 0 Å². The van der Waals surface area contributed by atoms with Gasteiger partial charge in [-0.3, -0.25) is 0 Å². The molecule has 2 heteroatoms. The third-order valence-corrected chi connectivity index (χ3v) is 6.61. The number of unbranched alkanes of at least 4 members (excludes halogenated alkanes) is 12. The molecule has 116 valence electrons. The van der Waals surface area contributed by atoms with Crippen molar-refractivity contribution in [1.82, 2.24) is 0 Å². The van der Waals surface area contributed by atoms with Crippen molar-refractivity contribution in [2.24, 2.45) is 0 Å². The Labute approximate surface area is 131 Å². The minimum atomic E-state index is -0.945. The van der Waals surface area contributed by atoms with E-state index in [-0.39, 0.29) is 0 Å². The molecule has 0 aromatic heterocycles. The summed E-state index contributed by atoms with van der Waals surface area (Å²) in [5, 5.41) is 0. The smallest absolute Gasteiger partial charge is 0.124 e. The van der Waals surface area contributed by atoms with Crippen LogP contribution >= 0.6 is 15.3 Å². The summed E-state index contributed by atoms with van der Waals surface area (Å²) in [6.07, 6.45) is 19.0. The van der Waals surface area contributed by atoms with Crippen LogP contribution in [0.3, 0.4) is 0 Å². The second-order valence-corrected chi connectivity index (χ2v) is 17.1. The summed E-state index contributed by atoms with van der Waals surface area (Å²) in [7, 11) is 0. The highest BCUT2D eigenvalue weighted by Gasteiger charge is 2.14. The summed E-state index contributed by atoms with van der Waals surface area (Å²) >= 11 is 3.85. The average molecular weight is 349 g/mol. The van der Waals surface area contributed by atoms with Gasteiger partial charge >= 0.3 is 0 Å². The SMILES string of the molecule is CCCCCCCCCCCCCCC[Si](C)(C)Br. The Balaban J connectivity index is 2.99. The lowest BCUT2D eigenvalue weighted by Crippen LogP contribution is -2.13. The van der Waals surface area contributed by atoms with Gasteiger partial charge in [-0.05, 0) is 6.04 Å². The van der Waals surface area contributed by atoms with E-state index >= 15 is 0 Å². The molecule has 0 fully saturated rings. The summed E-state index contributed by atoms with van der Waals surface area (Å²) in [6.45, 7) is 6.17. The highest BCUT2D eigenvalue weighted by Crippen LogP contribution is 2.21. The number of halogens is 1. The lowest BCUT2D eigenvalue weighted by molar-refractivity contribution is 0.542. The molecule has 0 aliphatic carbocycles. The predicted molar refractivity (Wildman–Crippen MR) is 96.9 cm³/mol. The van der Waals surface area contributed by atoms with E-state index in [2.05, 4.69) is 35.3 Å². The fraction of sp³-hybridized carbons (Fsp3) is 1.00. The number of hydrogen-bond donors (Lipinski definition) is 0. The summed E-state index contributed by atoms with van der Waals surface area (Å²) < 4.78 is 0. The van der Waals surface area contributed by atoms with Gasteiger partial charge in [0.05, 0.1) is 0 Å². The van der Waals surface area contributed by atoms with Gasteiger partial charge in [0.1, 0.15) is 6.69 Å². The maximum Gasteiger partial charge on any atom is 0.124 e. The third kappa shape index (κ3) is 18.7. The zero-order valence-electron chi connectivity index (χ0n) is 13.8. The Morgan fingerprint density at radius 2 is 0.895 bits per heavy atom. The molecule has 0 saturated carbocycles. The van der Waals surface area contributed by atoms with Crippen LogP contribution in [-0.2, 0) is 0 Å². The zero-order chi connectivity index (χ0) is 14.4. The van der Waals surface area contributed by atoms with E-state index < -0.39 is 6.69 Å². The largest absolute Gasteiger partial charge is 0.127 e. The summed E-state index contributed by atoms with van der Waals surface area (Å²) in [5.41, 5.74) is 0. The minimum absolute atomic E-state index is 0.945. The summed E-state index contributed by atoms with van der Waals surface area (Å²) in [4.78, 5) is 0. The van der Waals surface area contributed by atoms with Gasteiger partial charge in [-0.25, -0.2) is 0 Å².